The quantitative estimate of drug-likeness (QED) is 0.200. The van der Waals surface area contributed by atoms with Crippen LogP contribution in [0.4, 0.5) is 0 Å². The third-order valence-corrected chi connectivity index (χ3v) is 9.50. The van der Waals surface area contributed by atoms with Gasteiger partial charge in [0.2, 0.25) is 0 Å². The Labute approximate surface area is 228 Å². The lowest BCUT2D eigenvalue weighted by atomic mass is 9.88. The van der Waals surface area contributed by atoms with Crippen LogP contribution in [0.25, 0.3) is 53.2 Å². The van der Waals surface area contributed by atoms with E-state index in [-0.39, 0.29) is 5.92 Å². The Morgan fingerprint density at radius 3 is 2.24 bits per heavy atom. The van der Waals surface area contributed by atoms with Crippen LogP contribution in [0.3, 0.4) is 0 Å². The topological polar surface area (TPSA) is 0 Å². The van der Waals surface area contributed by atoms with Gasteiger partial charge >= 0.3 is 0 Å². The second-order valence-corrected chi connectivity index (χ2v) is 11.8. The summed E-state index contributed by atoms with van der Waals surface area (Å²) in [6.07, 6.45) is 0. The lowest BCUT2D eigenvalue weighted by molar-refractivity contribution is 1.02. The summed E-state index contributed by atoms with van der Waals surface area (Å²) in [5.41, 5.74) is 9.33. The number of hydrogen-bond donors (Lipinski definition) is 0. The van der Waals surface area contributed by atoms with Gasteiger partial charge in [0.15, 0.2) is 0 Å². The number of halogens is 1. The predicted molar refractivity (Wildman–Crippen MR) is 163 cm³/mol. The average Bonchev–Trinajstić information content (AvgIpc) is 3.48. The van der Waals surface area contributed by atoms with Gasteiger partial charge in [-0.2, -0.15) is 0 Å². The predicted octanol–water partition coefficient (Wildman–Crippen LogP) is 10.8. The summed E-state index contributed by atoms with van der Waals surface area (Å²) in [5.74, 6) is 0.233. The molecule has 2 heteroatoms. The molecule has 0 nitrogen and oxygen atoms in total. The SMILES string of the molecule is Brc1cccc(-c2ccc3c(c2)-c2cc4ccc5c6ccccc6sc5c4cc2C3c2ccccc2)c1. The van der Waals surface area contributed by atoms with Gasteiger partial charge in [-0.1, -0.05) is 101 Å². The summed E-state index contributed by atoms with van der Waals surface area (Å²) in [6, 6.07) is 44.9. The molecule has 174 valence electrons. The third-order valence-electron chi connectivity index (χ3n) is 7.79. The summed E-state index contributed by atoms with van der Waals surface area (Å²) in [4.78, 5) is 0. The highest BCUT2D eigenvalue weighted by Gasteiger charge is 2.31. The summed E-state index contributed by atoms with van der Waals surface area (Å²) < 4.78 is 3.84. The van der Waals surface area contributed by atoms with Crippen molar-refractivity contribution in [2.75, 3.05) is 0 Å². The Morgan fingerprint density at radius 2 is 1.35 bits per heavy atom. The largest absolute Gasteiger partial charge is 0.135 e. The number of thiophene rings is 1. The summed E-state index contributed by atoms with van der Waals surface area (Å²) in [7, 11) is 0. The van der Waals surface area contributed by atoms with Crippen molar-refractivity contribution in [2.24, 2.45) is 0 Å². The number of hydrogen-bond acceptors (Lipinski definition) is 1. The van der Waals surface area contributed by atoms with E-state index in [1.165, 1.54) is 69.9 Å². The highest BCUT2D eigenvalue weighted by molar-refractivity contribution is 9.10. The van der Waals surface area contributed by atoms with E-state index in [0.29, 0.717) is 0 Å². The fourth-order valence-electron chi connectivity index (χ4n) is 6.10. The first-order chi connectivity index (χ1) is 18.2. The van der Waals surface area contributed by atoms with Gasteiger partial charge in [0.1, 0.15) is 0 Å². The standard InChI is InChI=1S/C35H21BrS/c36-25-10-6-9-22(17-25)23-13-15-27-30(18-23)31-19-24-14-16-28-26-11-4-5-12-33(26)37-35(28)29(24)20-32(31)34(27)21-7-2-1-3-8-21/h1-20,34H. The molecule has 0 spiro atoms. The molecule has 0 aliphatic heterocycles. The summed E-state index contributed by atoms with van der Waals surface area (Å²) >= 11 is 5.56. The molecule has 0 saturated carbocycles. The van der Waals surface area contributed by atoms with Crippen LogP contribution >= 0.6 is 27.3 Å². The Hall–Kier alpha value is -3.72. The Bertz CT molecular complexity index is 2000. The third kappa shape index (κ3) is 3.26. The molecular weight excluding hydrogens is 532 g/mol. The molecule has 0 bridgehead atoms. The normalized spacial score (nSPS) is 14.4. The molecule has 0 saturated heterocycles. The van der Waals surface area contributed by atoms with Gasteiger partial charge in [-0.3, -0.25) is 0 Å². The van der Waals surface area contributed by atoms with Crippen LogP contribution in [0.2, 0.25) is 0 Å². The molecule has 0 fully saturated rings. The molecule has 1 atom stereocenters. The van der Waals surface area contributed by atoms with Gasteiger partial charge in [-0.05, 0) is 86.1 Å². The minimum Gasteiger partial charge on any atom is -0.135 e. The molecule has 6 aromatic carbocycles. The first-order valence-corrected chi connectivity index (χ1v) is 14.2. The number of benzene rings is 6. The maximum Gasteiger partial charge on any atom is 0.0433 e. The minimum atomic E-state index is 0.233. The Morgan fingerprint density at radius 1 is 0.541 bits per heavy atom. The molecule has 1 unspecified atom stereocenters. The first-order valence-electron chi connectivity index (χ1n) is 12.6. The first kappa shape index (κ1) is 21.4. The van der Waals surface area contributed by atoms with Crippen molar-refractivity contribution < 1.29 is 0 Å². The lowest BCUT2D eigenvalue weighted by Crippen LogP contribution is -1.99. The van der Waals surface area contributed by atoms with Gasteiger partial charge in [0, 0.05) is 30.6 Å². The number of rotatable bonds is 2. The van der Waals surface area contributed by atoms with E-state index in [4.69, 9.17) is 0 Å². The molecule has 1 aliphatic carbocycles. The second kappa shape index (κ2) is 8.14. The van der Waals surface area contributed by atoms with Crippen molar-refractivity contribution >= 4 is 58.2 Å². The van der Waals surface area contributed by atoms with Crippen LogP contribution in [-0.4, -0.2) is 0 Å². The van der Waals surface area contributed by atoms with Gasteiger partial charge in [0.05, 0.1) is 0 Å². The fraction of sp³-hybridized carbons (Fsp3) is 0.0286. The van der Waals surface area contributed by atoms with Crippen molar-refractivity contribution in [1.82, 2.24) is 0 Å². The zero-order chi connectivity index (χ0) is 24.5. The lowest BCUT2D eigenvalue weighted by Gasteiger charge is -2.15. The molecule has 1 aliphatic rings. The van der Waals surface area contributed by atoms with Crippen molar-refractivity contribution in [3.8, 4) is 22.3 Å². The van der Waals surface area contributed by atoms with E-state index in [2.05, 4.69) is 137 Å². The Balaban J connectivity index is 1.42. The molecule has 37 heavy (non-hydrogen) atoms. The van der Waals surface area contributed by atoms with Crippen LogP contribution in [0.15, 0.2) is 126 Å². The smallest absolute Gasteiger partial charge is 0.0433 e. The highest BCUT2D eigenvalue weighted by Crippen LogP contribution is 2.51. The van der Waals surface area contributed by atoms with E-state index < -0.39 is 0 Å². The van der Waals surface area contributed by atoms with Crippen LogP contribution in [0, 0.1) is 0 Å². The molecule has 0 N–H and O–H groups in total. The zero-order valence-corrected chi connectivity index (χ0v) is 22.3. The minimum absolute atomic E-state index is 0.233. The van der Waals surface area contributed by atoms with Crippen LogP contribution in [-0.2, 0) is 0 Å². The van der Waals surface area contributed by atoms with Crippen LogP contribution in [0.1, 0.15) is 22.6 Å². The van der Waals surface area contributed by atoms with Gasteiger partial charge < -0.3 is 0 Å². The maximum atomic E-state index is 3.65. The van der Waals surface area contributed by atoms with E-state index in [9.17, 15) is 0 Å². The van der Waals surface area contributed by atoms with E-state index >= 15 is 0 Å². The molecule has 7 aromatic rings. The van der Waals surface area contributed by atoms with Crippen molar-refractivity contribution in [2.45, 2.75) is 5.92 Å². The maximum absolute atomic E-state index is 3.65. The van der Waals surface area contributed by atoms with Gasteiger partial charge in [0.25, 0.3) is 0 Å². The van der Waals surface area contributed by atoms with Crippen LogP contribution in [0.5, 0.6) is 0 Å². The van der Waals surface area contributed by atoms with E-state index in [1.807, 2.05) is 11.3 Å². The Kier molecular flexibility index (Phi) is 4.70. The van der Waals surface area contributed by atoms with Gasteiger partial charge in [-0.15, -0.1) is 11.3 Å². The highest BCUT2D eigenvalue weighted by atomic mass is 79.9. The molecule has 0 radical (unpaired) electrons. The van der Waals surface area contributed by atoms with Crippen molar-refractivity contribution in [1.29, 1.82) is 0 Å². The average molecular weight is 554 g/mol. The van der Waals surface area contributed by atoms with Gasteiger partial charge in [-0.25, -0.2) is 0 Å². The monoisotopic (exact) mass is 552 g/mol. The molecule has 1 heterocycles. The van der Waals surface area contributed by atoms with Crippen molar-refractivity contribution in [3.05, 3.63) is 142 Å². The fourth-order valence-corrected chi connectivity index (χ4v) is 7.73. The molecule has 0 amide bonds. The van der Waals surface area contributed by atoms with E-state index in [0.717, 1.165) is 4.47 Å². The van der Waals surface area contributed by atoms with E-state index in [1.54, 1.807) is 0 Å². The zero-order valence-electron chi connectivity index (χ0n) is 19.9. The summed E-state index contributed by atoms with van der Waals surface area (Å²) in [6.45, 7) is 0. The second-order valence-electron chi connectivity index (χ2n) is 9.86. The molecule has 1 aromatic heterocycles. The van der Waals surface area contributed by atoms with Crippen LogP contribution < -0.4 is 0 Å². The molecular formula is C35H21BrS. The van der Waals surface area contributed by atoms with Crippen molar-refractivity contribution in [3.63, 3.8) is 0 Å². The summed E-state index contributed by atoms with van der Waals surface area (Å²) in [5, 5.41) is 5.38. The molecule has 8 rings (SSSR count). The number of fused-ring (bicyclic) bond motifs is 8.